The molecule has 0 aliphatic carbocycles. The maximum atomic E-state index is 12.2. The second-order valence-corrected chi connectivity index (χ2v) is 22.8. The van der Waals surface area contributed by atoms with Gasteiger partial charge in [0.05, 0.1) is 29.6 Å². The third kappa shape index (κ3) is 16.2. The molecule has 0 atom stereocenters. The first-order valence-corrected chi connectivity index (χ1v) is 30.8. The van der Waals surface area contributed by atoms with Crippen molar-refractivity contribution in [3.05, 3.63) is 223 Å². The van der Waals surface area contributed by atoms with E-state index in [9.17, 15) is 19.2 Å². The molecule has 0 bridgehead atoms. The van der Waals surface area contributed by atoms with Gasteiger partial charge < -0.3 is 15.7 Å². The number of carbonyl (C=O) groups is 4. The van der Waals surface area contributed by atoms with Crippen LogP contribution in [0.4, 0.5) is 5.69 Å². The molecule has 14 rings (SSSR count). The minimum Gasteiger partial charge on any atom is -0.366 e. The van der Waals surface area contributed by atoms with Crippen molar-refractivity contribution in [3.63, 3.8) is 0 Å². The summed E-state index contributed by atoms with van der Waals surface area (Å²) in [6.07, 6.45) is 16.1. The molecule has 0 aliphatic rings. The Kier molecular flexibility index (Phi) is 20.1. The standard InChI is InChI=1S/C22H20N8O.C22H18N8.C14H13N5O2.C8H5NO.H2O4S/c1-13(2)29-10-9-17(28-29)20-19(16-7-8-18-24-12-25-30(18)11-16)26-22(27-20)15-5-3-14(4-6-15)21(23)31;1-14(2)29-10-9-18(28-29)21-20(17-7-8-19-24-13-25-30(19)12-17)26-22(27-21)16-5-3-15(11-23)4-6-16;1-9(2)18-6-5-11(17-18)14(21)13(20)10-3-4-12-15-8-16-19(12)7-10;1-9-8-4-2-7(6-10)3-5-8;1-5(2,3)4/h3-13H,1-2H3,(H2,23,31)(H,26,27);3-10,12-14H,1-2H3,(H,26,27);3-9H,1-2H3;2-6H;(H2,1,2,3,4). The first kappa shape index (κ1) is 66.8. The monoisotopic (exact) mass is 1320 g/mol. The van der Waals surface area contributed by atoms with Crippen LogP contribution in [0.3, 0.4) is 0 Å². The number of pyridine rings is 3. The average molecular weight is 1320 g/mol. The number of aromatic nitrogens is 19. The summed E-state index contributed by atoms with van der Waals surface area (Å²) >= 11 is 0. The van der Waals surface area contributed by atoms with Gasteiger partial charge in [-0.1, -0.05) is 36.4 Å². The van der Waals surface area contributed by atoms with Crippen molar-refractivity contribution in [2.24, 2.45) is 5.73 Å². The minimum absolute atomic E-state index is 0.133. The number of H-pyrrole nitrogens is 2. The number of hydrogen-bond acceptors (Lipinski definition) is 18. The fraction of sp³-hybridized carbons (Fsp3) is 0.136. The van der Waals surface area contributed by atoms with Crippen LogP contribution in [-0.2, 0) is 10.4 Å². The van der Waals surface area contributed by atoms with Crippen molar-refractivity contribution < 1.29 is 36.7 Å². The molecule has 6 N–H and O–H groups in total. The molecule has 30 nitrogen and oxygen atoms in total. The number of ketones is 2. The molecule has 31 heteroatoms. The molecule has 0 saturated heterocycles. The van der Waals surface area contributed by atoms with Crippen LogP contribution in [0.5, 0.6) is 0 Å². The van der Waals surface area contributed by atoms with E-state index in [2.05, 4.69) is 83.9 Å². The second kappa shape index (κ2) is 29.2. The Hall–Kier alpha value is -13.1. The van der Waals surface area contributed by atoms with Gasteiger partial charge in [0.2, 0.25) is 11.7 Å². The molecule has 1 amide bonds. The van der Waals surface area contributed by atoms with Crippen LogP contribution in [-0.4, -0.2) is 134 Å². The van der Waals surface area contributed by atoms with Crippen LogP contribution in [0, 0.1) is 17.9 Å². The zero-order valence-electron chi connectivity index (χ0n) is 52.5. The number of aldehydes is 1. The highest BCUT2D eigenvalue weighted by atomic mass is 32.3. The molecule has 0 spiro atoms. The van der Waals surface area contributed by atoms with Crippen molar-refractivity contribution in [2.75, 3.05) is 0 Å². The summed E-state index contributed by atoms with van der Waals surface area (Å²) in [7, 11) is -4.67. The van der Waals surface area contributed by atoms with Crippen LogP contribution < -0.4 is 5.73 Å². The number of nitrogens with one attached hydrogen (secondary N) is 2. The highest BCUT2D eigenvalue weighted by Gasteiger charge is 2.24. The summed E-state index contributed by atoms with van der Waals surface area (Å²) in [5.74, 6) is -0.330. The molecular weight excluding hydrogens is 1260 g/mol. The van der Waals surface area contributed by atoms with E-state index >= 15 is 0 Å². The summed E-state index contributed by atoms with van der Waals surface area (Å²) in [5.41, 5.74) is 18.4. The van der Waals surface area contributed by atoms with Crippen LogP contribution in [0.25, 0.3) is 89.9 Å². The SMILES string of the molecule is CC(C)n1ccc(-c2[nH]c(-c3ccc(C#N)cc3)nc2-c2ccc3ncnn3c2)n1.CC(C)n1ccc(-c2[nH]c(-c3ccc(C(N)=O)cc3)nc2-c2ccc3ncnn3c2)n1.CC(C)n1ccc(C(=O)C(=O)c2ccc3ncnn3c2)n1.O=S(=O)(O)O.[C-]#[N+]c1ccc(C=O)cc1. The molecule has 11 aromatic heterocycles. The second-order valence-electron chi connectivity index (χ2n) is 21.9. The normalized spacial score (nSPS) is 11.0. The van der Waals surface area contributed by atoms with Gasteiger partial charge >= 0.3 is 10.4 Å². The summed E-state index contributed by atoms with van der Waals surface area (Å²) in [6, 6.07) is 40.1. The number of amides is 1. The highest BCUT2D eigenvalue weighted by molar-refractivity contribution is 7.79. The fourth-order valence-electron chi connectivity index (χ4n) is 9.31. The number of fused-ring (bicyclic) bond motifs is 3. The van der Waals surface area contributed by atoms with E-state index in [1.54, 1.807) is 86.6 Å². The number of benzene rings is 3. The van der Waals surface area contributed by atoms with Gasteiger partial charge in [0, 0.05) is 94.3 Å². The number of carbonyl (C=O) groups excluding carboxylic acids is 4. The lowest BCUT2D eigenvalue weighted by molar-refractivity contribution is 0.0813. The van der Waals surface area contributed by atoms with Crippen molar-refractivity contribution in [1.29, 1.82) is 5.26 Å². The van der Waals surface area contributed by atoms with E-state index in [0.29, 0.717) is 39.7 Å². The lowest BCUT2D eigenvalue weighted by atomic mass is 10.1. The van der Waals surface area contributed by atoms with Crippen molar-refractivity contribution in [3.8, 4) is 74.1 Å². The molecule has 486 valence electrons. The lowest BCUT2D eigenvalue weighted by Crippen LogP contribution is -2.16. The number of imidazole rings is 2. The smallest absolute Gasteiger partial charge is 0.366 e. The molecule has 0 radical (unpaired) electrons. The van der Waals surface area contributed by atoms with Gasteiger partial charge in [0.15, 0.2) is 22.6 Å². The van der Waals surface area contributed by atoms with Crippen LogP contribution in [0.2, 0.25) is 0 Å². The number of rotatable bonds is 14. The fourth-order valence-corrected chi connectivity index (χ4v) is 9.31. The third-order valence-electron chi connectivity index (χ3n) is 14.3. The van der Waals surface area contributed by atoms with Gasteiger partial charge in [-0.3, -0.25) is 42.3 Å². The molecule has 3 aromatic carbocycles. The Morgan fingerprint density at radius 1 is 0.557 bits per heavy atom. The zero-order chi connectivity index (χ0) is 69.1. The Morgan fingerprint density at radius 2 is 0.969 bits per heavy atom. The minimum atomic E-state index is -4.67. The molecule has 0 fully saturated rings. The van der Waals surface area contributed by atoms with Gasteiger partial charge in [-0.05, 0) is 133 Å². The predicted octanol–water partition coefficient (Wildman–Crippen LogP) is 10.4. The maximum Gasteiger partial charge on any atom is 0.394 e. The van der Waals surface area contributed by atoms with Gasteiger partial charge in [0.1, 0.15) is 65.4 Å². The first-order chi connectivity index (χ1) is 46.5. The number of hydrogen-bond donors (Lipinski definition) is 5. The average Bonchev–Trinajstić information content (AvgIpc) is 1.65. The quantitative estimate of drug-likeness (QED) is 0.0222. The van der Waals surface area contributed by atoms with E-state index in [0.717, 1.165) is 74.0 Å². The van der Waals surface area contributed by atoms with Crippen molar-refractivity contribution >= 4 is 56.8 Å². The molecule has 97 heavy (non-hydrogen) atoms. The van der Waals surface area contributed by atoms with E-state index in [1.807, 2.05) is 109 Å². The Bertz CT molecular complexity index is 5340. The van der Waals surface area contributed by atoms with Gasteiger partial charge in [-0.2, -0.15) is 44.3 Å². The molecule has 0 unspecified atom stereocenters. The number of primary amides is 1. The molecule has 0 aliphatic heterocycles. The number of nitriles is 1. The molecule has 0 saturated carbocycles. The largest absolute Gasteiger partial charge is 0.394 e. The Balaban J connectivity index is 0.000000144. The molecular formula is C66H58N22O8S. The highest BCUT2D eigenvalue weighted by Crippen LogP contribution is 2.35. The summed E-state index contributed by atoms with van der Waals surface area (Å²) in [6.45, 7) is 18.8. The Labute approximate surface area is 551 Å². The summed E-state index contributed by atoms with van der Waals surface area (Å²) in [4.78, 5) is 78.1. The summed E-state index contributed by atoms with van der Waals surface area (Å²) in [5, 5.41) is 35.0. The predicted molar refractivity (Wildman–Crippen MR) is 355 cm³/mol. The van der Waals surface area contributed by atoms with Crippen LogP contribution >= 0.6 is 0 Å². The number of nitrogens with two attached hydrogens (primary N) is 1. The van der Waals surface area contributed by atoms with Gasteiger partial charge in [0.25, 0.3) is 5.78 Å². The van der Waals surface area contributed by atoms with Crippen LogP contribution in [0.1, 0.15) is 107 Å². The van der Waals surface area contributed by atoms with Crippen molar-refractivity contribution in [2.45, 2.75) is 59.7 Å². The maximum absolute atomic E-state index is 12.2. The van der Waals surface area contributed by atoms with Gasteiger partial charge in [-0.15, -0.1) is 0 Å². The first-order valence-electron chi connectivity index (χ1n) is 29.4. The van der Waals surface area contributed by atoms with Crippen LogP contribution in [0.15, 0.2) is 184 Å². The summed E-state index contributed by atoms with van der Waals surface area (Å²) < 4.78 is 41.9. The zero-order valence-corrected chi connectivity index (χ0v) is 53.3. The van der Waals surface area contributed by atoms with Gasteiger partial charge in [-0.25, -0.2) is 43.3 Å². The number of Topliss-reactive ketones (excluding diaryl/α,β-unsaturated/α-hetero) is 2. The van der Waals surface area contributed by atoms with E-state index in [4.69, 9.17) is 55.3 Å². The topological polar surface area (TPSA) is 398 Å². The Morgan fingerprint density at radius 3 is 1.38 bits per heavy atom. The lowest BCUT2D eigenvalue weighted by Gasteiger charge is -2.04. The third-order valence-corrected chi connectivity index (χ3v) is 14.3. The van der Waals surface area contributed by atoms with E-state index in [1.165, 1.54) is 29.7 Å². The molecule has 11 heterocycles. The van der Waals surface area contributed by atoms with Crippen molar-refractivity contribution in [1.82, 2.24) is 93.1 Å². The molecule has 14 aromatic rings. The van der Waals surface area contributed by atoms with E-state index < -0.39 is 27.9 Å². The van der Waals surface area contributed by atoms with E-state index in [-0.39, 0.29) is 29.4 Å². The number of nitrogens with zero attached hydrogens (tertiary/aromatic N) is 19. The number of aromatic amines is 2.